The van der Waals surface area contributed by atoms with Gasteiger partial charge in [0.1, 0.15) is 11.2 Å². The molecule has 0 aliphatic carbocycles. The molecule has 1 aromatic heterocycles. The molecule has 2 N–H and O–H groups in total. The summed E-state index contributed by atoms with van der Waals surface area (Å²) in [7, 11) is 0. The van der Waals surface area contributed by atoms with Crippen molar-refractivity contribution in [1.82, 2.24) is 5.32 Å². The van der Waals surface area contributed by atoms with Crippen molar-refractivity contribution in [3.63, 3.8) is 0 Å². The van der Waals surface area contributed by atoms with Gasteiger partial charge in [0.2, 0.25) is 11.8 Å². The summed E-state index contributed by atoms with van der Waals surface area (Å²) in [4.78, 5) is 25.1. The van der Waals surface area contributed by atoms with Crippen molar-refractivity contribution in [2.24, 2.45) is 5.41 Å². The van der Waals surface area contributed by atoms with Gasteiger partial charge in [0.15, 0.2) is 0 Å². The Bertz CT molecular complexity index is 718. The monoisotopic (exact) mass is 328 g/mol. The third kappa shape index (κ3) is 3.85. The van der Waals surface area contributed by atoms with E-state index in [0.717, 1.165) is 23.2 Å². The van der Waals surface area contributed by atoms with Crippen LogP contribution in [0.5, 0.6) is 0 Å². The summed E-state index contributed by atoms with van der Waals surface area (Å²) >= 11 is 0. The Morgan fingerprint density at radius 1 is 1.12 bits per heavy atom. The molecule has 2 amide bonds. The van der Waals surface area contributed by atoms with Gasteiger partial charge in [-0.25, -0.2) is 0 Å². The van der Waals surface area contributed by atoms with Crippen LogP contribution >= 0.6 is 0 Å². The summed E-state index contributed by atoms with van der Waals surface area (Å²) < 4.78 is 5.18. The molecule has 0 aliphatic heterocycles. The van der Waals surface area contributed by atoms with Crippen LogP contribution in [0.2, 0.25) is 0 Å². The van der Waals surface area contributed by atoms with Crippen LogP contribution in [0.25, 0.3) is 0 Å². The first-order chi connectivity index (χ1) is 11.4. The number of carbonyl (C=O) groups is 2. The average Bonchev–Trinajstić information content (AvgIpc) is 3.07. The van der Waals surface area contributed by atoms with Crippen LogP contribution in [-0.2, 0) is 22.6 Å². The van der Waals surface area contributed by atoms with E-state index in [-0.39, 0.29) is 18.4 Å². The fraction of sp³-hybridized carbons (Fsp3) is 0.368. The van der Waals surface area contributed by atoms with Gasteiger partial charge in [-0.2, -0.15) is 0 Å². The number of anilines is 1. The van der Waals surface area contributed by atoms with Gasteiger partial charge in [0.25, 0.3) is 0 Å². The minimum Gasteiger partial charge on any atom is -0.467 e. The number of aryl methyl sites for hydroxylation is 2. The summed E-state index contributed by atoms with van der Waals surface area (Å²) in [6.07, 6.45) is 2.35. The van der Waals surface area contributed by atoms with Crippen molar-refractivity contribution >= 4 is 17.5 Å². The molecule has 0 aliphatic rings. The maximum absolute atomic E-state index is 12.7. The van der Waals surface area contributed by atoms with Gasteiger partial charge in [-0.1, -0.05) is 25.1 Å². The highest BCUT2D eigenvalue weighted by Crippen LogP contribution is 2.25. The summed E-state index contributed by atoms with van der Waals surface area (Å²) in [5, 5.41) is 5.66. The average molecular weight is 328 g/mol. The molecule has 0 unspecified atom stereocenters. The Kier molecular flexibility index (Phi) is 5.44. The highest BCUT2D eigenvalue weighted by Gasteiger charge is 2.36. The van der Waals surface area contributed by atoms with Crippen LogP contribution in [0.4, 0.5) is 5.69 Å². The zero-order valence-corrected chi connectivity index (χ0v) is 14.6. The Morgan fingerprint density at radius 3 is 2.50 bits per heavy atom. The Morgan fingerprint density at radius 2 is 1.88 bits per heavy atom. The van der Waals surface area contributed by atoms with Gasteiger partial charge < -0.3 is 15.1 Å². The molecule has 128 valence electrons. The highest BCUT2D eigenvalue weighted by atomic mass is 16.3. The van der Waals surface area contributed by atoms with Crippen LogP contribution < -0.4 is 10.6 Å². The summed E-state index contributed by atoms with van der Waals surface area (Å²) in [6.45, 7) is 7.46. The first kappa shape index (κ1) is 17.8. The van der Waals surface area contributed by atoms with E-state index in [1.807, 2.05) is 32.0 Å². The van der Waals surface area contributed by atoms with E-state index in [4.69, 9.17) is 4.42 Å². The van der Waals surface area contributed by atoms with Gasteiger partial charge in [-0.3, -0.25) is 9.59 Å². The third-order valence-corrected chi connectivity index (χ3v) is 4.12. The molecule has 2 aromatic rings. The number of furan rings is 1. The van der Waals surface area contributed by atoms with E-state index in [0.29, 0.717) is 5.76 Å². The molecule has 0 radical (unpaired) electrons. The highest BCUT2D eigenvalue weighted by molar-refractivity contribution is 6.10. The lowest BCUT2D eigenvalue weighted by Crippen LogP contribution is -2.45. The first-order valence-corrected chi connectivity index (χ1v) is 8.07. The first-order valence-electron chi connectivity index (χ1n) is 8.07. The fourth-order valence-electron chi connectivity index (χ4n) is 2.38. The van der Waals surface area contributed by atoms with Crippen molar-refractivity contribution < 1.29 is 14.0 Å². The standard InChI is InChI=1S/C19H24N2O3/c1-5-14-9-6-8-13(2)16(14)21-18(23)19(3,4)17(22)20-12-15-10-7-11-24-15/h6-11H,5,12H2,1-4H3,(H,20,22)(H,21,23). The van der Waals surface area contributed by atoms with Gasteiger partial charge in [0.05, 0.1) is 12.8 Å². The molecule has 24 heavy (non-hydrogen) atoms. The van der Waals surface area contributed by atoms with Crippen molar-refractivity contribution in [2.45, 2.75) is 40.7 Å². The van der Waals surface area contributed by atoms with E-state index < -0.39 is 5.41 Å². The number of para-hydroxylation sites is 1. The third-order valence-electron chi connectivity index (χ3n) is 4.12. The molecule has 0 fully saturated rings. The second kappa shape index (κ2) is 7.34. The molecular formula is C19H24N2O3. The molecule has 2 rings (SSSR count). The smallest absolute Gasteiger partial charge is 0.239 e. The van der Waals surface area contributed by atoms with Crippen molar-refractivity contribution in [3.05, 3.63) is 53.5 Å². The van der Waals surface area contributed by atoms with E-state index in [1.54, 1.807) is 32.2 Å². The number of hydrogen-bond donors (Lipinski definition) is 2. The lowest BCUT2D eigenvalue weighted by molar-refractivity contribution is -0.138. The molecule has 0 atom stereocenters. The Labute approximate surface area is 142 Å². The van der Waals surface area contributed by atoms with Gasteiger partial charge >= 0.3 is 0 Å². The van der Waals surface area contributed by atoms with Gasteiger partial charge in [0, 0.05) is 5.69 Å². The molecule has 0 spiro atoms. The molecule has 0 bridgehead atoms. The normalized spacial score (nSPS) is 11.2. The minimum atomic E-state index is -1.19. The lowest BCUT2D eigenvalue weighted by Gasteiger charge is -2.24. The number of benzene rings is 1. The molecule has 1 heterocycles. The molecule has 5 heteroatoms. The largest absolute Gasteiger partial charge is 0.467 e. The van der Waals surface area contributed by atoms with Crippen LogP contribution in [0.1, 0.15) is 37.7 Å². The number of hydrogen-bond acceptors (Lipinski definition) is 3. The van der Waals surface area contributed by atoms with Crippen molar-refractivity contribution in [1.29, 1.82) is 0 Å². The second-order valence-electron chi connectivity index (χ2n) is 6.30. The number of carbonyl (C=O) groups excluding carboxylic acids is 2. The molecule has 0 saturated heterocycles. The maximum atomic E-state index is 12.7. The maximum Gasteiger partial charge on any atom is 0.239 e. The minimum absolute atomic E-state index is 0.257. The number of nitrogens with one attached hydrogen (secondary N) is 2. The summed E-state index contributed by atoms with van der Waals surface area (Å²) in [5.41, 5.74) is 1.63. The van der Waals surface area contributed by atoms with Crippen LogP contribution in [-0.4, -0.2) is 11.8 Å². The summed E-state index contributed by atoms with van der Waals surface area (Å²) in [5.74, 6) is -0.0294. The van der Waals surface area contributed by atoms with E-state index in [1.165, 1.54) is 0 Å². The molecule has 1 aromatic carbocycles. The van der Waals surface area contributed by atoms with Crippen LogP contribution in [0, 0.1) is 12.3 Å². The number of rotatable bonds is 6. The fourth-order valence-corrected chi connectivity index (χ4v) is 2.38. The van der Waals surface area contributed by atoms with E-state index in [2.05, 4.69) is 10.6 Å². The summed E-state index contributed by atoms with van der Waals surface area (Å²) in [6, 6.07) is 9.41. The molecule has 5 nitrogen and oxygen atoms in total. The number of amides is 2. The zero-order chi connectivity index (χ0) is 17.7. The zero-order valence-electron chi connectivity index (χ0n) is 14.6. The molecular weight excluding hydrogens is 304 g/mol. The van der Waals surface area contributed by atoms with Crippen molar-refractivity contribution in [2.75, 3.05) is 5.32 Å². The van der Waals surface area contributed by atoms with Crippen LogP contribution in [0.3, 0.4) is 0 Å². The Hall–Kier alpha value is -2.56. The van der Waals surface area contributed by atoms with Crippen molar-refractivity contribution in [3.8, 4) is 0 Å². The topological polar surface area (TPSA) is 71.3 Å². The van der Waals surface area contributed by atoms with Gasteiger partial charge in [-0.05, 0) is 50.5 Å². The van der Waals surface area contributed by atoms with E-state index in [9.17, 15) is 9.59 Å². The molecule has 0 saturated carbocycles. The predicted octanol–water partition coefficient (Wildman–Crippen LogP) is 3.43. The second-order valence-corrected chi connectivity index (χ2v) is 6.30. The van der Waals surface area contributed by atoms with Crippen LogP contribution in [0.15, 0.2) is 41.0 Å². The van der Waals surface area contributed by atoms with E-state index >= 15 is 0 Å². The predicted molar refractivity (Wildman–Crippen MR) is 93.5 cm³/mol. The quantitative estimate of drug-likeness (QED) is 0.798. The van der Waals surface area contributed by atoms with Gasteiger partial charge in [-0.15, -0.1) is 0 Å². The SMILES string of the molecule is CCc1cccc(C)c1NC(=O)C(C)(C)C(=O)NCc1ccco1. The Balaban J connectivity index is 2.08. The lowest BCUT2D eigenvalue weighted by atomic mass is 9.90.